The molecule has 0 saturated heterocycles. The monoisotopic (exact) mass is 235 g/mol. The van der Waals surface area contributed by atoms with Crippen LogP contribution in [0.5, 0.6) is 0 Å². The molecule has 94 valence electrons. The molecule has 1 unspecified atom stereocenters. The summed E-state index contributed by atoms with van der Waals surface area (Å²) in [7, 11) is 0. The molecule has 1 amide bonds. The van der Waals surface area contributed by atoms with Crippen LogP contribution in [-0.4, -0.2) is 23.7 Å². The number of aryl methyl sites for hydroxylation is 1. The third kappa shape index (κ3) is 3.86. The van der Waals surface area contributed by atoms with Crippen LogP contribution in [0.2, 0.25) is 0 Å². The van der Waals surface area contributed by atoms with E-state index >= 15 is 0 Å². The molecule has 1 aromatic rings. The number of aliphatic hydroxyl groups is 1. The van der Waals surface area contributed by atoms with Crippen LogP contribution in [0.3, 0.4) is 0 Å². The first-order valence-electron chi connectivity index (χ1n) is 6.03. The number of carbonyl (C=O) groups excluding carboxylic acids is 1. The number of rotatable bonds is 5. The van der Waals surface area contributed by atoms with E-state index < -0.39 is 0 Å². The van der Waals surface area contributed by atoms with Gasteiger partial charge >= 0.3 is 0 Å². The quantitative estimate of drug-likeness (QED) is 0.821. The SMILES string of the molecule is Cc1ccccc1C(=O)NC(CCO)C(C)C. The first kappa shape index (κ1) is 13.7. The van der Waals surface area contributed by atoms with Crippen molar-refractivity contribution in [3.63, 3.8) is 0 Å². The molecular formula is C14H21NO2. The molecule has 0 spiro atoms. The normalized spacial score (nSPS) is 12.5. The molecule has 1 aromatic carbocycles. The molecule has 0 fully saturated rings. The fraction of sp³-hybridized carbons (Fsp3) is 0.500. The van der Waals surface area contributed by atoms with Crippen LogP contribution in [0.4, 0.5) is 0 Å². The lowest BCUT2D eigenvalue weighted by atomic mass is 10.00. The van der Waals surface area contributed by atoms with Gasteiger partial charge in [0.2, 0.25) is 0 Å². The Balaban J connectivity index is 2.74. The summed E-state index contributed by atoms with van der Waals surface area (Å²) < 4.78 is 0. The van der Waals surface area contributed by atoms with Gasteiger partial charge in [0.25, 0.3) is 5.91 Å². The average molecular weight is 235 g/mol. The standard InChI is InChI=1S/C14H21NO2/c1-10(2)13(8-9-16)15-14(17)12-7-5-4-6-11(12)3/h4-7,10,13,16H,8-9H2,1-3H3,(H,15,17). The highest BCUT2D eigenvalue weighted by Crippen LogP contribution is 2.10. The van der Waals surface area contributed by atoms with Gasteiger partial charge in [-0.05, 0) is 30.9 Å². The first-order valence-corrected chi connectivity index (χ1v) is 6.03. The summed E-state index contributed by atoms with van der Waals surface area (Å²) in [5.41, 5.74) is 1.67. The zero-order valence-electron chi connectivity index (χ0n) is 10.7. The van der Waals surface area contributed by atoms with Crippen LogP contribution in [-0.2, 0) is 0 Å². The van der Waals surface area contributed by atoms with E-state index in [1.807, 2.05) is 45.0 Å². The van der Waals surface area contributed by atoms with Crippen LogP contribution in [0, 0.1) is 12.8 Å². The smallest absolute Gasteiger partial charge is 0.251 e. The van der Waals surface area contributed by atoms with Crippen molar-refractivity contribution in [2.24, 2.45) is 5.92 Å². The second-order valence-electron chi connectivity index (χ2n) is 4.65. The van der Waals surface area contributed by atoms with E-state index in [4.69, 9.17) is 5.11 Å². The fourth-order valence-electron chi connectivity index (χ4n) is 1.79. The van der Waals surface area contributed by atoms with Crippen molar-refractivity contribution in [2.75, 3.05) is 6.61 Å². The molecule has 0 aliphatic heterocycles. The zero-order valence-corrected chi connectivity index (χ0v) is 10.7. The molecule has 0 saturated carbocycles. The van der Waals surface area contributed by atoms with E-state index in [1.165, 1.54) is 0 Å². The minimum Gasteiger partial charge on any atom is -0.396 e. The molecule has 0 bridgehead atoms. The average Bonchev–Trinajstić information content (AvgIpc) is 2.28. The van der Waals surface area contributed by atoms with Crippen molar-refractivity contribution in [1.29, 1.82) is 0 Å². The van der Waals surface area contributed by atoms with Gasteiger partial charge in [0.1, 0.15) is 0 Å². The number of carbonyl (C=O) groups is 1. The number of hydrogen-bond acceptors (Lipinski definition) is 2. The Labute approximate surface area is 103 Å². The molecule has 1 atom stereocenters. The van der Waals surface area contributed by atoms with Crippen LogP contribution in [0.1, 0.15) is 36.2 Å². The summed E-state index contributed by atoms with van der Waals surface area (Å²) in [4.78, 5) is 12.1. The number of hydrogen-bond donors (Lipinski definition) is 2. The van der Waals surface area contributed by atoms with Gasteiger partial charge in [0.15, 0.2) is 0 Å². The molecular weight excluding hydrogens is 214 g/mol. The number of amides is 1. The predicted octanol–water partition coefficient (Wildman–Crippen LogP) is 2.13. The second kappa shape index (κ2) is 6.40. The van der Waals surface area contributed by atoms with Crippen molar-refractivity contribution < 1.29 is 9.90 Å². The van der Waals surface area contributed by atoms with E-state index in [9.17, 15) is 4.79 Å². The maximum Gasteiger partial charge on any atom is 0.251 e. The molecule has 17 heavy (non-hydrogen) atoms. The van der Waals surface area contributed by atoms with Gasteiger partial charge in [-0.1, -0.05) is 32.0 Å². The predicted molar refractivity (Wildman–Crippen MR) is 69.0 cm³/mol. The van der Waals surface area contributed by atoms with Gasteiger partial charge in [-0.25, -0.2) is 0 Å². The number of nitrogens with one attached hydrogen (secondary N) is 1. The molecule has 3 nitrogen and oxygen atoms in total. The third-order valence-electron chi connectivity index (χ3n) is 2.95. The molecule has 2 N–H and O–H groups in total. The molecule has 1 rings (SSSR count). The molecule has 0 aromatic heterocycles. The molecule has 0 aliphatic carbocycles. The van der Waals surface area contributed by atoms with Crippen molar-refractivity contribution in [1.82, 2.24) is 5.32 Å². The molecule has 3 heteroatoms. The van der Waals surface area contributed by atoms with Crippen molar-refractivity contribution in [3.8, 4) is 0 Å². The lowest BCUT2D eigenvalue weighted by Gasteiger charge is -2.22. The summed E-state index contributed by atoms with van der Waals surface area (Å²) in [6.45, 7) is 6.10. The van der Waals surface area contributed by atoms with Gasteiger partial charge < -0.3 is 10.4 Å². The van der Waals surface area contributed by atoms with Gasteiger partial charge in [0, 0.05) is 18.2 Å². The van der Waals surface area contributed by atoms with E-state index in [2.05, 4.69) is 5.32 Å². The summed E-state index contributed by atoms with van der Waals surface area (Å²) >= 11 is 0. The molecule has 0 aliphatic rings. The van der Waals surface area contributed by atoms with Gasteiger partial charge in [-0.3, -0.25) is 4.79 Å². The Morgan fingerprint density at radius 3 is 2.53 bits per heavy atom. The zero-order chi connectivity index (χ0) is 12.8. The van der Waals surface area contributed by atoms with Gasteiger partial charge in [-0.15, -0.1) is 0 Å². The minimum atomic E-state index is -0.0600. The first-order chi connectivity index (χ1) is 8.06. The Hall–Kier alpha value is -1.35. The van der Waals surface area contributed by atoms with E-state index in [0.717, 1.165) is 5.56 Å². The van der Waals surface area contributed by atoms with Gasteiger partial charge in [0.05, 0.1) is 0 Å². The van der Waals surface area contributed by atoms with Crippen LogP contribution < -0.4 is 5.32 Å². The van der Waals surface area contributed by atoms with Crippen LogP contribution >= 0.6 is 0 Å². The van der Waals surface area contributed by atoms with Crippen molar-refractivity contribution in [3.05, 3.63) is 35.4 Å². The Bertz CT molecular complexity index is 374. The summed E-state index contributed by atoms with van der Waals surface area (Å²) in [5.74, 6) is 0.255. The van der Waals surface area contributed by atoms with E-state index in [0.29, 0.717) is 17.9 Å². The topological polar surface area (TPSA) is 49.3 Å². The van der Waals surface area contributed by atoms with Crippen LogP contribution in [0.15, 0.2) is 24.3 Å². The summed E-state index contributed by atoms with van der Waals surface area (Å²) in [5, 5.41) is 11.9. The maximum atomic E-state index is 12.1. The second-order valence-corrected chi connectivity index (χ2v) is 4.65. The fourth-order valence-corrected chi connectivity index (χ4v) is 1.79. The molecule has 0 heterocycles. The lowest BCUT2D eigenvalue weighted by Crippen LogP contribution is -2.39. The van der Waals surface area contributed by atoms with E-state index in [1.54, 1.807) is 0 Å². The minimum absolute atomic E-state index is 0.0205. The van der Waals surface area contributed by atoms with Gasteiger partial charge in [-0.2, -0.15) is 0 Å². The lowest BCUT2D eigenvalue weighted by molar-refractivity contribution is 0.0916. The van der Waals surface area contributed by atoms with Crippen molar-refractivity contribution >= 4 is 5.91 Å². The Kier molecular flexibility index (Phi) is 5.16. The molecule has 0 radical (unpaired) electrons. The number of benzene rings is 1. The summed E-state index contributed by atoms with van der Waals surface area (Å²) in [6, 6.07) is 7.54. The maximum absolute atomic E-state index is 12.1. The number of aliphatic hydroxyl groups excluding tert-OH is 1. The Morgan fingerprint density at radius 1 is 1.35 bits per heavy atom. The Morgan fingerprint density at radius 2 is 2.00 bits per heavy atom. The highest BCUT2D eigenvalue weighted by molar-refractivity contribution is 5.95. The third-order valence-corrected chi connectivity index (χ3v) is 2.95. The summed E-state index contributed by atoms with van der Waals surface area (Å²) in [6.07, 6.45) is 0.593. The largest absolute Gasteiger partial charge is 0.396 e. The highest BCUT2D eigenvalue weighted by Gasteiger charge is 2.17. The van der Waals surface area contributed by atoms with Crippen molar-refractivity contribution in [2.45, 2.75) is 33.2 Å². The highest BCUT2D eigenvalue weighted by atomic mass is 16.3. The van der Waals surface area contributed by atoms with E-state index in [-0.39, 0.29) is 18.6 Å². The van der Waals surface area contributed by atoms with Crippen LogP contribution in [0.25, 0.3) is 0 Å².